The number of ether oxygens (including phenoxy) is 2. The van der Waals surface area contributed by atoms with Crippen LogP contribution in [0.3, 0.4) is 0 Å². The number of hydrogen-bond acceptors (Lipinski definition) is 4. The smallest absolute Gasteiger partial charge is 0.242 e. The number of nitrogens with one attached hydrogen (secondary N) is 1. The zero-order valence-corrected chi connectivity index (χ0v) is 20.7. The third kappa shape index (κ3) is 6.78. The number of hydrogen-bond donors (Lipinski definition) is 1. The molecule has 0 bridgehead atoms. The molecule has 0 aliphatic carbocycles. The molecule has 6 nitrogen and oxygen atoms in total. The van der Waals surface area contributed by atoms with Gasteiger partial charge in [-0.25, -0.2) is 0 Å². The van der Waals surface area contributed by atoms with Crippen molar-refractivity contribution in [2.45, 2.75) is 58.7 Å². The Morgan fingerprint density at radius 1 is 1.00 bits per heavy atom. The Hall–Kier alpha value is -2.44. The van der Waals surface area contributed by atoms with Crippen LogP contribution in [0, 0.1) is 0 Å². The zero-order valence-electron chi connectivity index (χ0n) is 19.2. The van der Waals surface area contributed by atoms with Crippen LogP contribution < -0.4 is 14.8 Å². The van der Waals surface area contributed by atoms with Gasteiger partial charge in [0.15, 0.2) is 11.5 Å². The van der Waals surface area contributed by atoms with Crippen molar-refractivity contribution < 1.29 is 19.1 Å². The lowest BCUT2D eigenvalue weighted by Gasteiger charge is -2.30. The molecule has 0 unspecified atom stereocenters. The van der Waals surface area contributed by atoms with E-state index in [-0.39, 0.29) is 30.8 Å². The van der Waals surface area contributed by atoms with Crippen LogP contribution in [0.15, 0.2) is 36.4 Å². The summed E-state index contributed by atoms with van der Waals surface area (Å²) in [6.45, 7) is 6.99. The van der Waals surface area contributed by atoms with Gasteiger partial charge in [0.2, 0.25) is 11.8 Å². The first-order chi connectivity index (χ1) is 15.8. The highest BCUT2D eigenvalue weighted by molar-refractivity contribution is 6.42. The Morgan fingerprint density at radius 3 is 2.39 bits per heavy atom. The Bertz CT molecular complexity index is 998. The second-order valence-corrected chi connectivity index (χ2v) is 9.06. The molecule has 2 aromatic rings. The van der Waals surface area contributed by atoms with E-state index in [0.717, 1.165) is 17.5 Å². The Labute approximate surface area is 205 Å². The normalized spacial score (nSPS) is 14.3. The van der Waals surface area contributed by atoms with Crippen molar-refractivity contribution in [2.75, 3.05) is 13.2 Å². The van der Waals surface area contributed by atoms with E-state index in [4.69, 9.17) is 32.7 Å². The van der Waals surface area contributed by atoms with Crippen LogP contribution in [0.25, 0.3) is 0 Å². The SMILES string of the molecule is CC[C@H](C)NC(=O)[C@H](C)N(Cc1ccc(Cl)c(Cl)c1)C(=O)CCc1ccc2c(c1)OCCO2. The van der Waals surface area contributed by atoms with Crippen molar-refractivity contribution in [3.63, 3.8) is 0 Å². The van der Waals surface area contributed by atoms with Gasteiger partial charge in [-0.3, -0.25) is 9.59 Å². The fourth-order valence-corrected chi connectivity index (χ4v) is 3.84. The van der Waals surface area contributed by atoms with E-state index in [2.05, 4.69) is 5.32 Å². The molecule has 2 amide bonds. The van der Waals surface area contributed by atoms with Crippen molar-refractivity contribution in [2.24, 2.45) is 0 Å². The van der Waals surface area contributed by atoms with Crippen molar-refractivity contribution in [3.05, 3.63) is 57.6 Å². The fraction of sp³-hybridized carbons (Fsp3) is 0.440. The number of halogens is 2. The van der Waals surface area contributed by atoms with Crippen LogP contribution in [-0.4, -0.2) is 42.0 Å². The van der Waals surface area contributed by atoms with Gasteiger partial charge in [-0.05, 0) is 62.1 Å². The number of rotatable bonds is 9. The third-order valence-corrected chi connectivity index (χ3v) is 6.48. The number of fused-ring (bicyclic) bond motifs is 1. The fourth-order valence-electron chi connectivity index (χ4n) is 3.52. The summed E-state index contributed by atoms with van der Waals surface area (Å²) in [6, 6.07) is 10.3. The maximum absolute atomic E-state index is 13.3. The minimum atomic E-state index is -0.638. The topological polar surface area (TPSA) is 67.9 Å². The summed E-state index contributed by atoms with van der Waals surface area (Å²) >= 11 is 12.2. The van der Waals surface area contributed by atoms with E-state index in [1.54, 1.807) is 24.0 Å². The molecule has 3 rings (SSSR count). The van der Waals surface area contributed by atoms with E-state index >= 15 is 0 Å². The number of carbonyl (C=O) groups is 2. The first-order valence-corrected chi connectivity index (χ1v) is 12.0. The zero-order chi connectivity index (χ0) is 24.0. The van der Waals surface area contributed by atoms with Gasteiger partial charge in [0.1, 0.15) is 19.3 Å². The Balaban J connectivity index is 1.74. The number of aryl methyl sites for hydroxylation is 1. The summed E-state index contributed by atoms with van der Waals surface area (Å²) in [5.74, 6) is 1.10. The second kappa shape index (κ2) is 11.6. The average molecular weight is 493 g/mol. The standard InChI is InChI=1S/C25H30Cl2N2O4/c1-4-16(2)28-25(31)17(3)29(15-19-5-8-20(26)21(27)13-19)24(30)10-7-18-6-9-22-23(14-18)33-12-11-32-22/h5-6,8-9,13-14,16-17H,4,7,10-12,15H2,1-3H3,(H,28,31)/t16-,17-/m0/s1. The summed E-state index contributed by atoms with van der Waals surface area (Å²) in [6.07, 6.45) is 1.58. The van der Waals surface area contributed by atoms with Crippen LogP contribution in [0.4, 0.5) is 0 Å². The van der Waals surface area contributed by atoms with E-state index in [0.29, 0.717) is 41.2 Å². The molecule has 2 aromatic carbocycles. The Kier molecular flexibility index (Phi) is 8.87. The molecule has 178 valence electrons. The number of nitrogens with zero attached hydrogens (tertiary/aromatic N) is 1. The molecular formula is C25H30Cl2N2O4. The maximum atomic E-state index is 13.3. The highest BCUT2D eigenvalue weighted by Gasteiger charge is 2.27. The van der Waals surface area contributed by atoms with Crippen molar-refractivity contribution in [1.82, 2.24) is 10.2 Å². The molecule has 0 saturated carbocycles. The summed E-state index contributed by atoms with van der Waals surface area (Å²) in [7, 11) is 0. The molecule has 33 heavy (non-hydrogen) atoms. The van der Waals surface area contributed by atoms with Crippen LogP contribution in [0.5, 0.6) is 11.5 Å². The van der Waals surface area contributed by atoms with Crippen LogP contribution in [-0.2, 0) is 22.6 Å². The highest BCUT2D eigenvalue weighted by atomic mass is 35.5. The summed E-state index contributed by atoms with van der Waals surface area (Å²) in [5, 5.41) is 3.82. The van der Waals surface area contributed by atoms with Crippen LogP contribution >= 0.6 is 23.2 Å². The van der Waals surface area contributed by atoms with Crippen LogP contribution in [0.2, 0.25) is 10.0 Å². The number of amides is 2. The minimum absolute atomic E-state index is 0.0274. The molecule has 2 atom stereocenters. The van der Waals surface area contributed by atoms with E-state index in [9.17, 15) is 9.59 Å². The second-order valence-electron chi connectivity index (χ2n) is 8.24. The lowest BCUT2D eigenvalue weighted by atomic mass is 10.1. The first-order valence-electron chi connectivity index (χ1n) is 11.2. The summed E-state index contributed by atoms with van der Waals surface area (Å²) in [5.41, 5.74) is 1.78. The van der Waals surface area contributed by atoms with Gasteiger partial charge in [-0.1, -0.05) is 42.3 Å². The molecule has 0 aromatic heterocycles. The predicted molar refractivity (Wildman–Crippen MR) is 130 cm³/mol. The van der Waals surface area contributed by atoms with Gasteiger partial charge < -0.3 is 19.7 Å². The summed E-state index contributed by atoms with van der Waals surface area (Å²) in [4.78, 5) is 27.7. The molecule has 1 heterocycles. The van der Waals surface area contributed by atoms with Gasteiger partial charge in [0, 0.05) is 19.0 Å². The van der Waals surface area contributed by atoms with Gasteiger partial charge in [-0.2, -0.15) is 0 Å². The molecule has 1 aliphatic heterocycles. The van der Waals surface area contributed by atoms with Gasteiger partial charge in [-0.15, -0.1) is 0 Å². The minimum Gasteiger partial charge on any atom is -0.486 e. The first kappa shape index (κ1) is 25.2. The summed E-state index contributed by atoms with van der Waals surface area (Å²) < 4.78 is 11.2. The molecule has 0 spiro atoms. The quantitative estimate of drug-likeness (QED) is 0.532. The largest absolute Gasteiger partial charge is 0.486 e. The highest BCUT2D eigenvalue weighted by Crippen LogP contribution is 2.31. The van der Waals surface area contributed by atoms with Crippen molar-refractivity contribution in [3.8, 4) is 11.5 Å². The Morgan fingerprint density at radius 2 is 1.70 bits per heavy atom. The maximum Gasteiger partial charge on any atom is 0.242 e. The molecule has 8 heteroatoms. The van der Waals surface area contributed by atoms with Gasteiger partial charge >= 0.3 is 0 Å². The van der Waals surface area contributed by atoms with E-state index in [1.807, 2.05) is 38.1 Å². The van der Waals surface area contributed by atoms with Gasteiger partial charge in [0.25, 0.3) is 0 Å². The third-order valence-electron chi connectivity index (χ3n) is 5.74. The van der Waals surface area contributed by atoms with Crippen molar-refractivity contribution >= 4 is 35.0 Å². The molecule has 0 radical (unpaired) electrons. The average Bonchev–Trinajstić information content (AvgIpc) is 2.82. The predicted octanol–water partition coefficient (Wildman–Crippen LogP) is 5.03. The van der Waals surface area contributed by atoms with Crippen LogP contribution in [0.1, 0.15) is 44.7 Å². The molecule has 0 fully saturated rings. The van der Waals surface area contributed by atoms with Crippen molar-refractivity contribution in [1.29, 1.82) is 0 Å². The van der Waals surface area contributed by atoms with Gasteiger partial charge in [0.05, 0.1) is 10.0 Å². The molecule has 0 saturated heterocycles. The molecule has 1 aliphatic rings. The number of benzene rings is 2. The monoisotopic (exact) mass is 492 g/mol. The van der Waals surface area contributed by atoms with E-state index < -0.39 is 6.04 Å². The lowest BCUT2D eigenvalue weighted by molar-refractivity contribution is -0.140. The lowest BCUT2D eigenvalue weighted by Crippen LogP contribution is -2.49. The molecule has 1 N–H and O–H groups in total. The number of carbonyl (C=O) groups excluding carboxylic acids is 2. The molecular weight excluding hydrogens is 463 g/mol. The van der Waals surface area contributed by atoms with E-state index in [1.165, 1.54) is 0 Å².